The zero-order valence-electron chi connectivity index (χ0n) is 15.1. The molecule has 28 heavy (non-hydrogen) atoms. The van der Waals surface area contributed by atoms with Crippen molar-refractivity contribution in [3.05, 3.63) is 87.4 Å². The fraction of sp³-hybridized carbons (Fsp3) is 0.143. The van der Waals surface area contributed by atoms with Crippen molar-refractivity contribution in [2.45, 2.75) is 19.4 Å². The van der Waals surface area contributed by atoms with Gasteiger partial charge in [0.1, 0.15) is 24.0 Å². The molecule has 0 aliphatic carbocycles. The van der Waals surface area contributed by atoms with Crippen LogP contribution in [0.25, 0.3) is 0 Å². The summed E-state index contributed by atoms with van der Waals surface area (Å²) in [4.78, 5) is 0. The van der Waals surface area contributed by atoms with E-state index in [1.54, 1.807) is 0 Å². The molecule has 1 aliphatic heterocycles. The molecule has 0 spiro atoms. The first-order chi connectivity index (χ1) is 13.6. The van der Waals surface area contributed by atoms with E-state index in [0.717, 1.165) is 28.1 Å². The average Bonchev–Trinajstić information content (AvgIpc) is 3.07. The summed E-state index contributed by atoms with van der Waals surface area (Å²) in [6, 6.07) is 17.3. The summed E-state index contributed by atoms with van der Waals surface area (Å²) < 4.78 is 11.3. The number of hydrogen-bond acceptors (Lipinski definition) is 5. The van der Waals surface area contributed by atoms with Gasteiger partial charge in [-0.15, -0.1) is 5.10 Å². The van der Waals surface area contributed by atoms with Gasteiger partial charge >= 0.3 is 0 Å². The summed E-state index contributed by atoms with van der Waals surface area (Å²) in [5, 5.41) is 17.3. The van der Waals surface area contributed by atoms with Gasteiger partial charge in [0.2, 0.25) is 11.8 Å². The highest BCUT2D eigenvalue weighted by atomic mass is 35.5. The Morgan fingerprint density at radius 1 is 1.21 bits per heavy atom. The SMILES string of the molecule is Cc1[nH]nc2c1C(c1ccc(OCc3ccc(Cl)cc3)cc1)C(C#N)=C(N)O2. The number of aromatic nitrogens is 2. The third-order valence-electron chi connectivity index (χ3n) is 4.66. The van der Waals surface area contributed by atoms with E-state index >= 15 is 0 Å². The minimum atomic E-state index is -0.335. The number of fused-ring (bicyclic) bond motifs is 1. The minimum absolute atomic E-state index is 0.0783. The van der Waals surface area contributed by atoms with Gasteiger partial charge in [-0.1, -0.05) is 35.9 Å². The van der Waals surface area contributed by atoms with E-state index in [1.807, 2.05) is 55.5 Å². The van der Waals surface area contributed by atoms with Crippen molar-refractivity contribution >= 4 is 11.6 Å². The number of halogens is 1. The molecule has 2 aromatic carbocycles. The molecule has 0 saturated heterocycles. The number of nitrogens with zero attached hydrogens (tertiary/aromatic N) is 2. The van der Waals surface area contributed by atoms with Crippen LogP contribution in [0.2, 0.25) is 5.02 Å². The number of nitrogens with two attached hydrogens (primary N) is 1. The van der Waals surface area contributed by atoms with Gasteiger partial charge in [0.25, 0.3) is 0 Å². The van der Waals surface area contributed by atoms with Crippen LogP contribution in [-0.4, -0.2) is 10.2 Å². The molecule has 1 atom stereocenters. The van der Waals surface area contributed by atoms with Gasteiger partial charge in [0.05, 0.1) is 5.92 Å². The van der Waals surface area contributed by atoms with E-state index in [4.69, 9.17) is 26.8 Å². The number of H-pyrrole nitrogens is 1. The fourth-order valence-corrected chi connectivity index (χ4v) is 3.36. The third-order valence-corrected chi connectivity index (χ3v) is 4.91. The Labute approximate surface area is 167 Å². The summed E-state index contributed by atoms with van der Waals surface area (Å²) in [5.41, 5.74) is 9.90. The third kappa shape index (κ3) is 3.28. The molecular formula is C21H17ClN4O2. The van der Waals surface area contributed by atoms with E-state index in [9.17, 15) is 5.26 Å². The van der Waals surface area contributed by atoms with Crippen molar-refractivity contribution < 1.29 is 9.47 Å². The first kappa shape index (κ1) is 18.0. The number of aromatic amines is 1. The maximum absolute atomic E-state index is 9.60. The van der Waals surface area contributed by atoms with Crippen molar-refractivity contribution in [1.82, 2.24) is 10.2 Å². The molecule has 3 aromatic rings. The van der Waals surface area contributed by atoms with Crippen LogP contribution in [0.3, 0.4) is 0 Å². The zero-order valence-corrected chi connectivity index (χ0v) is 15.8. The number of nitrogens with one attached hydrogen (secondary N) is 1. The smallest absolute Gasteiger partial charge is 0.244 e. The molecule has 0 radical (unpaired) electrons. The zero-order chi connectivity index (χ0) is 19.7. The second-order valence-corrected chi connectivity index (χ2v) is 6.91. The minimum Gasteiger partial charge on any atom is -0.489 e. The van der Waals surface area contributed by atoms with Crippen LogP contribution >= 0.6 is 11.6 Å². The molecule has 0 bridgehead atoms. The van der Waals surface area contributed by atoms with Crippen molar-refractivity contribution in [2.75, 3.05) is 0 Å². The van der Waals surface area contributed by atoms with E-state index in [1.165, 1.54) is 0 Å². The number of hydrogen-bond donors (Lipinski definition) is 2. The molecule has 1 unspecified atom stereocenters. The predicted molar refractivity (Wildman–Crippen MR) is 105 cm³/mol. The van der Waals surface area contributed by atoms with Gasteiger partial charge in [-0.05, 0) is 42.3 Å². The van der Waals surface area contributed by atoms with Crippen LogP contribution < -0.4 is 15.2 Å². The monoisotopic (exact) mass is 392 g/mol. The second kappa shape index (κ2) is 7.29. The average molecular weight is 393 g/mol. The molecule has 7 heteroatoms. The van der Waals surface area contributed by atoms with Crippen LogP contribution in [0.1, 0.15) is 28.3 Å². The van der Waals surface area contributed by atoms with E-state index in [-0.39, 0.29) is 11.8 Å². The standard InChI is InChI=1S/C21H17ClN4O2/c1-12-18-19(17(10-23)20(24)28-21(18)26-25-12)14-4-8-16(9-5-14)27-11-13-2-6-15(22)7-3-13/h2-9,19H,11,24H2,1H3,(H,25,26). The van der Waals surface area contributed by atoms with Gasteiger partial charge < -0.3 is 15.2 Å². The topological polar surface area (TPSA) is 97.0 Å². The maximum Gasteiger partial charge on any atom is 0.244 e. The number of allylic oxidation sites excluding steroid dienone is 1. The molecule has 0 saturated carbocycles. The lowest BCUT2D eigenvalue weighted by Crippen LogP contribution is -2.21. The number of rotatable bonds is 4. The highest BCUT2D eigenvalue weighted by Gasteiger charge is 2.34. The van der Waals surface area contributed by atoms with Crippen LogP contribution in [0.15, 0.2) is 60.0 Å². The molecule has 0 fully saturated rings. The molecule has 2 heterocycles. The van der Waals surface area contributed by atoms with Crippen LogP contribution in [0.5, 0.6) is 11.6 Å². The van der Waals surface area contributed by atoms with Crippen molar-refractivity contribution in [1.29, 1.82) is 5.26 Å². The van der Waals surface area contributed by atoms with Crippen LogP contribution in [-0.2, 0) is 6.61 Å². The summed E-state index contributed by atoms with van der Waals surface area (Å²) in [6.45, 7) is 2.33. The van der Waals surface area contributed by atoms with E-state index < -0.39 is 0 Å². The predicted octanol–water partition coefficient (Wildman–Crippen LogP) is 4.17. The molecule has 140 valence electrons. The van der Waals surface area contributed by atoms with Crippen molar-refractivity contribution in [3.8, 4) is 17.7 Å². The first-order valence-corrected chi connectivity index (χ1v) is 9.04. The van der Waals surface area contributed by atoms with Gasteiger partial charge in [0, 0.05) is 16.3 Å². The number of ether oxygens (including phenoxy) is 2. The Morgan fingerprint density at radius 3 is 2.61 bits per heavy atom. The normalized spacial score (nSPS) is 15.5. The summed E-state index contributed by atoms with van der Waals surface area (Å²) in [7, 11) is 0. The van der Waals surface area contributed by atoms with Crippen molar-refractivity contribution in [3.63, 3.8) is 0 Å². The molecule has 1 aliphatic rings. The molecule has 3 N–H and O–H groups in total. The summed E-state index contributed by atoms with van der Waals surface area (Å²) in [5.74, 6) is 0.875. The highest BCUT2D eigenvalue weighted by Crippen LogP contribution is 2.42. The molecule has 6 nitrogen and oxygen atoms in total. The fourth-order valence-electron chi connectivity index (χ4n) is 3.24. The van der Waals surface area contributed by atoms with Gasteiger partial charge in [-0.25, -0.2) is 0 Å². The van der Waals surface area contributed by atoms with Crippen LogP contribution in [0.4, 0.5) is 0 Å². The van der Waals surface area contributed by atoms with Gasteiger partial charge in [-0.2, -0.15) is 5.26 Å². The Bertz CT molecular complexity index is 1080. The van der Waals surface area contributed by atoms with Gasteiger partial charge in [0.15, 0.2) is 0 Å². The number of aryl methyl sites for hydroxylation is 1. The Kier molecular flexibility index (Phi) is 4.68. The highest BCUT2D eigenvalue weighted by molar-refractivity contribution is 6.30. The van der Waals surface area contributed by atoms with E-state index in [2.05, 4.69) is 16.3 Å². The lowest BCUT2D eigenvalue weighted by Gasteiger charge is -2.23. The molecule has 4 rings (SSSR count). The largest absolute Gasteiger partial charge is 0.489 e. The lowest BCUT2D eigenvalue weighted by molar-refractivity contribution is 0.306. The molecule has 0 amide bonds. The van der Waals surface area contributed by atoms with Crippen molar-refractivity contribution in [2.24, 2.45) is 5.73 Å². The quantitative estimate of drug-likeness (QED) is 0.694. The van der Waals surface area contributed by atoms with Gasteiger partial charge in [-0.3, -0.25) is 5.10 Å². The second-order valence-electron chi connectivity index (χ2n) is 6.48. The Hall–Kier alpha value is -3.43. The molecular weight excluding hydrogens is 376 g/mol. The summed E-state index contributed by atoms with van der Waals surface area (Å²) >= 11 is 5.90. The number of nitriles is 1. The maximum atomic E-state index is 9.60. The Balaban J connectivity index is 1.58. The lowest BCUT2D eigenvalue weighted by atomic mass is 9.84. The van der Waals surface area contributed by atoms with E-state index in [0.29, 0.717) is 23.1 Å². The summed E-state index contributed by atoms with van der Waals surface area (Å²) in [6.07, 6.45) is 0. The molecule has 1 aromatic heterocycles. The van der Waals surface area contributed by atoms with Crippen LogP contribution in [0, 0.1) is 18.3 Å². The number of benzene rings is 2. The Morgan fingerprint density at radius 2 is 1.93 bits per heavy atom. The first-order valence-electron chi connectivity index (χ1n) is 8.66.